The number of benzene rings is 1. The molecule has 0 aromatic heterocycles. The molecule has 1 aliphatic heterocycles. The number of halogens is 2. The maximum Gasteiger partial charge on any atom is 0.246 e. The van der Waals surface area contributed by atoms with Gasteiger partial charge in [0.25, 0.3) is 0 Å². The van der Waals surface area contributed by atoms with Crippen molar-refractivity contribution in [3.8, 4) is 0 Å². The monoisotopic (exact) mass is 424 g/mol. The molecule has 20 heavy (non-hydrogen) atoms. The molecule has 0 spiro atoms. The highest BCUT2D eigenvalue weighted by atomic mass is 79.9. The van der Waals surface area contributed by atoms with Crippen molar-refractivity contribution in [3.63, 3.8) is 0 Å². The Balaban J connectivity index is 2.38. The first kappa shape index (κ1) is 16.3. The van der Waals surface area contributed by atoms with E-state index in [1.165, 1.54) is 0 Å². The molecular formula is C13H18Br2N2O2S. The van der Waals surface area contributed by atoms with Crippen molar-refractivity contribution in [1.82, 2.24) is 4.31 Å². The normalized spacial score (nSPS) is 20.8. The highest BCUT2D eigenvalue weighted by Gasteiger charge is 2.35. The minimum Gasteiger partial charge on any atom is -0.398 e. The van der Waals surface area contributed by atoms with Gasteiger partial charge in [-0.2, -0.15) is 4.31 Å². The second kappa shape index (κ2) is 5.94. The van der Waals surface area contributed by atoms with Crippen LogP contribution in [0.15, 0.2) is 26.0 Å². The van der Waals surface area contributed by atoms with Crippen LogP contribution in [0.3, 0.4) is 0 Å². The lowest BCUT2D eigenvalue weighted by molar-refractivity contribution is 0.388. The molecule has 2 rings (SSSR count). The molecule has 4 nitrogen and oxygen atoms in total. The van der Waals surface area contributed by atoms with Gasteiger partial charge in [0.05, 0.1) is 5.69 Å². The molecule has 1 aromatic rings. The summed E-state index contributed by atoms with van der Waals surface area (Å²) in [6.07, 6.45) is 0.908. The number of rotatable bonds is 3. The molecule has 1 atom stereocenters. The van der Waals surface area contributed by atoms with Crippen molar-refractivity contribution in [1.29, 1.82) is 0 Å². The van der Waals surface area contributed by atoms with Gasteiger partial charge in [0.15, 0.2) is 0 Å². The number of nitrogen functional groups attached to an aromatic ring is 1. The maximum atomic E-state index is 12.8. The Labute approximate surface area is 137 Å². The van der Waals surface area contributed by atoms with Crippen LogP contribution in [-0.2, 0) is 10.0 Å². The van der Waals surface area contributed by atoms with Crippen molar-refractivity contribution in [3.05, 3.63) is 21.1 Å². The van der Waals surface area contributed by atoms with Crippen LogP contribution in [0.25, 0.3) is 0 Å². The fourth-order valence-electron chi connectivity index (χ4n) is 2.50. The van der Waals surface area contributed by atoms with E-state index >= 15 is 0 Å². The molecular weight excluding hydrogens is 408 g/mol. The van der Waals surface area contributed by atoms with Gasteiger partial charge in [-0.25, -0.2) is 8.42 Å². The van der Waals surface area contributed by atoms with Crippen molar-refractivity contribution in [2.24, 2.45) is 11.8 Å². The molecule has 2 N–H and O–H groups in total. The van der Waals surface area contributed by atoms with Gasteiger partial charge in [0.1, 0.15) is 4.90 Å². The van der Waals surface area contributed by atoms with E-state index in [1.807, 2.05) is 0 Å². The fraction of sp³-hybridized carbons (Fsp3) is 0.538. The number of nitrogens with two attached hydrogens (primary N) is 1. The van der Waals surface area contributed by atoms with E-state index in [9.17, 15) is 8.42 Å². The highest BCUT2D eigenvalue weighted by Crippen LogP contribution is 2.36. The van der Waals surface area contributed by atoms with Crippen molar-refractivity contribution in [2.75, 3.05) is 18.8 Å². The van der Waals surface area contributed by atoms with E-state index in [0.29, 0.717) is 29.4 Å². The first-order valence-electron chi connectivity index (χ1n) is 6.48. The Morgan fingerprint density at radius 3 is 2.50 bits per heavy atom. The standard InChI is InChI=1S/C13H18Br2N2O2S/c1-8(2)9-3-4-17(7-9)20(18,19)13-11(15)5-10(14)6-12(13)16/h5-6,8-9H,3-4,7,16H2,1-2H3. The fourth-order valence-corrected chi connectivity index (χ4v) is 6.02. The Hall–Kier alpha value is -0.110. The maximum absolute atomic E-state index is 12.8. The largest absolute Gasteiger partial charge is 0.398 e. The van der Waals surface area contributed by atoms with E-state index in [4.69, 9.17) is 5.73 Å². The highest BCUT2D eigenvalue weighted by molar-refractivity contribution is 9.11. The summed E-state index contributed by atoms with van der Waals surface area (Å²) in [6.45, 7) is 5.39. The van der Waals surface area contributed by atoms with E-state index in [1.54, 1.807) is 16.4 Å². The molecule has 1 aromatic carbocycles. The molecule has 112 valence electrons. The number of nitrogens with zero attached hydrogens (tertiary/aromatic N) is 1. The summed E-state index contributed by atoms with van der Waals surface area (Å²) in [6, 6.07) is 3.33. The third-order valence-electron chi connectivity index (χ3n) is 3.77. The summed E-state index contributed by atoms with van der Waals surface area (Å²) in [7, 11) is -3.54. The minimum atomic E-state index is -3.54. The molecule has 1 fully saturated rings. The summed E-state index contributed by atoms with van der Waals surface area (Å²) in [5, 5.41) is 0. The van der Waals surface area contributed by atoms with Gasteiger partial charge in [0, 0.05) is 22.0 Å². The molecule has 0 amide bonds. The molecule has 7 heteroatoms. The van der Waals surface area contributed by atoms with Gasteiger partial charge in [-0.1, -0.05) is 29.8 Å². The van der Waals surface area contributed by atoms with E-state index in [0.717, 1.165) is 10.9 Å². The third kappa shape index (κ3) is 3.05. The first-order valence-corrected chi connectivity index (χ1v) is 9.50. The van der Waals surface area contributed by atoms with Crippen LogP contribution in [0.5, 0.6) is 0 Å². The predicted octanol–water partition coefficient (Wildman–Crippen LogP) is 3.46. The lowest BCUT2D eigenvalue weighted by atomic mass is 9.96. The number of hydrogen-bond acceptors (Lipinski definition) is 3. The van der Waals surface area contributed by atoms with Crippen LogP contribution < -0.4 is 5.73 Å². The Bertz CT molecular complexity index is 594. The van der Waals surface area contributed by atoms with Gasteiger partial charge >= 0.3 is 0 Å². The van der Waals surface area contributed by atoms with Gasteiger partial charge in [-0.15, -0.1) is 0 Å². The van der Waals surface area contributed by atoms with Crippen LogP contribution >= 0.6 is 31.9 Å². The third-order valence-corrected chi connectivity index (χ3v) is 7.09. The van der Waals surface area contributed by atoms with Gasteiger partial charge in [-0.05, 0) is 46.3 Å². The van der Waals surface area contributed by atoms with E-state index in [-0.39, 0.29) is 10.6 Å². The molecule has 0 aliphatic carbocycles. The topological polar surface area (TPSA) is 63.4 Å². The average Bonchev–Trinajstić information content (AvgIpc) is 2.76. The van der Waals surface area contributed by atoms with Gasteiger partial charge < -0.3 is 5.73 Å². The second-order valence-corrected chi connectivity index (χ2v) is 9.11. The molecule has 0 saturated carbocycles. The molecule has 1 heterocycles. The SMILES string of the molecule is CC(C)C1CCN(S(=O)(=O)c2c(N)cc(Br)cc2Br)C1. The lowest BCUT2D eigenvalue weighted by Gasteiger charge is -2.20. The Kier molecular flexibility index (Phi) is 4.83. The quantitative estimate of drug-likeness (QED) is 0.754. The van der Waals surface area contributed by atoms with Gasteiger partial charge in [-0.3, -0.25) is 0 Å². The summed E-state index contributed by atoms with van der Waals surface area (Å²) in [5.41, 5.74) is 6.17. The average molecular weight is 426 g/mol. The van der Waals surface area contributed by atoms with Crippen LogP contribution in [-0.4, -0.2) is 25.8 Å². The summed E-state index contributed by atoms with van der Waals surface area (Å²) >= 11 is 6.62. The zero-order valence-corrected chi connectivity index (χ0v) is 15.4. The summed E-state index contributed by atoms with van der Waals surface area (Å²) in [5.74, 6) is 0.904. The molecule has 1 saturated heterocycles. The molecule has 1 unspecified atom stereocenters. The smallest absolute Gasteiger partial charge is 0.246 e. The van der Waals surface area contributed by atoms with Gasteiger partial charge in [0.2, 0.25) is 10.0 Å². The zero-order valence-electron chi connectivity index (χ0n) is 11.4. The number of sulfonamides is 1. The van der Waals surface area contributed by atoms with Crippen LogP contribution in [0, 0.1) is 11.8 Å². The lowest BCUT2D eigenvalue weighted by Crippen LogP contribution is -2.30. The number of hydrogen-bond donors (Lipinski definition) is 1. The summed E-state index contributed by atoms with van der Waals surface area (Å²) < 4.78 is 28.3. The van der Waals surface area contributed by atoms with Crippen LogP contribution in [0.4, 0.5) is 5.69 Å². The van der Waals surface area contributed by atoms with E-state index < -0.39 is 10.0 Å². The second-order valence-electron chi connectivity index (χ2n) is 5.46. The van der Waals surface area contributed by atoms with Crippen LogP contribution in [0.2, 0.25) is 0 Å². The van der Waals surface area contributed by atoms with Crippen molar-refractivity contribution >= 4 is 47.6 Å². The number of anilines is 1. The summed E-state index contributed by atoms with van der Waals surface area (Å²) in [4.78, 5) is 0.171. The van der Waals surface area contributed by atoms with E-state index in [2.05, 4.69) is 45.7 Å². The van der Waals surface area contributed by atoms with Crippen LogP contribution in [0.1, 0.15) is 20.3 Å². The molecule has 1 aliphatic rings. The Morgan fingerprint density at radius 2 is 2.00 bits per heavy atom. The van der Waals surface area contributed by atoms with Crippen molar-refractivity contribution in [2.45, 2.75) is 25.2 Å². The predicted molar refractivity (Wildman–Crippen MR) is 88.0 cm³/mol. The Morgan fingerprint density at radius 1 is 1.35 bits per heavy atom. The molecule has 0 radical (unpaired) electrons. The first-order chi connectivity index (χ1) is 9.23. The zero-order chi connectivity index (χ0) is 15.1. The molecule has 0 bridgehead atoms. The minimum absolute atomic E-state index is 0.171. The van der Waals surface area contributed by atoms with Crippen molar-refractivity contribution < 1.29 is 8.42 Å².